The summed E-state index contributed by atoms with van der Waals surface area (Å²) in [6.45, 7) is 4.21. The van der Waals surface area contributed by atoms with Crippen LogP contribution >= 0.6 is 0 Å². The van der Waals surface area contributed by atoms with Gasteiger partial charge in [0.2, 0.25) is 5.91 Å². The van der Waals surface area contributed by atoms with E-state index in [4.69, 9.17) is 5.73 Å². The van der Waals surface area contributed by atoms with E-state index in [0.717, 1.165) is 0 Å². The largest absolute Gasteiger partial charge is 0.387 e. The molecule has 4 N–H and O–H groups in total. The molecule has 0 bridgehead atoms. The molecular weight excluding hydrogens is 259 g/mol. The third kappa shape index (κ3) is 3.77. The van der Waals surface area contributed by atoms with Crippen LogP contribution in [0.5, 0.6) is 0 Å². The predicted octanol–water partition coefficient (Wildman–Crippen LogP) is 1.74. The van der Waals surface area contributed by atoms with Crippen LogP contribution in [0.1, 0.15) is 38.4 Å². The summed E-state index contributed by atoms with van der Waals surface area (Å²) in [5.41, 5.74) is 5.69. The molecule has 0 saturated heterocycles. The van der Waals surface area contributed by atoms with E-state index < -0.39 is 11.5 Å². The maximum atomic E-state index is 12.8. The maximum Gasteiger partial charge on any atom is 0.227 e. The van der Waals surface area contributed by atoms with Crippen LogP contribution in [-0.4, -0.2) is 24.1 Å². The van der Waals surface area contributed by atoms with Gasteiger partial charge < -0.3 is 16.2 Å². The van der Waals surface area contributed by atoms with Crippen molar-refractivity contribution in [3.63, 3.8) is 0 Å². The summed E-state index contributed by atoms with van der Waals surface area (Å²) in [7, 11) is 0. The van der Waals surface area contributed by atoms with Crippen molar-refractivity contribution in [2.45, 2.75) is 32.8 Å². The molecule has 1 rings (SSSR count). The average molecular weight is 282 g/mol. The molecule has 0 saturated carbocycles. The molecule has 0 fully saturated rings. The highest BCUT2D eigenvalue weighted by molar-refractivity contribution is 5.82. The SMILES string of the molecule is CCC(CC)(CN)C(=O)NCC(O)c1ccc(F)cc1. The number of nitrogens with one attached hydrogen (secondary N) is 1. The molecular formula is C15H23FN2O2. The summed E-state index contributed by atoms with van der Waals surface area (Å²) in [5.74, 6) is -0.504. The molecule has 0 heterocycles. The number of amides is 1. The van der Waals surface area contributed by atoms with Gasteiger partial charge in [0, 0.05) is 13.1 Å². The van der Waals surface area contributed by atoms with Gasteiger partial charge in [-0.1, -0.05) is 26.0 Å². The molecule has 0 aromatic heterocycles. The molecule has 0 aliphatic carbocycles. The van der Waals surface area contributed by atoms with Crippen molar-refractivity contribution in [1.29, 1.82) is 0 Å². The van der Waals surface area contributed by atoms with Gasteiger partial charge in [-0.05, 0) is 30.5 Å². The van der Waals surface area contributed by atoms with Crippen molar-refractivity contribution >= 4 is 5.91 Å². The van der Waals surface area contributed by atoms with Gasteiger partial charge in [0.05, 0.1) is 11.5 Å². The van der Waals surface area contributed by atoms with Crippen LogP contribution in [0.2, 0.25) is 0 Å². The molecule has 1 aromatic rings. The summed E-state index contributed by atoms with van der Waals surface area (Å²) in [6, 6.07) is 5.56. The summed E-state index contributed by atoms with van der Waals surface area (Å²) in [4.78, 5) is 12.2. The third-order valence-electron chi connectivity index (χ3n) is 3.94. The number of carbonyl (C=O) groups excluding carboxylic acids is 1. The second-order valence-corrected chi connectivity index (χ2v) is 4.97. The topological polar surface area (TPSA) is 75.4 Å². The summed E-state index contributed by atoms with van der Waals surface area (Å²) in [6.07, 6.45) is 0.445. The zero-order chi connectivity index (χ0) is 15.2. The van der Waals surface area contributed by atoms with Gasteiger partial charge in [-0.15, -0.1) is 0 Å². The first-order valence-corrected chi connectivity index (χ1v) is 6.91. The monoisotopic (exact) mass is 282 g/mol. The van der Waals surface area contributed by atoms with Crippen molar-refractivity contribution in [3.05, 3.63) is 35.6 Å². The van der Waals surface area contributed by atoms with E-state index in [1.165, 1.54) is 24.3 Å². The minimum atomic E-state index is -0.858. The smallest absolute Gasteiger partial charge is 0.227 e. The fourth-order valence-electron chi connectivity index (χ4n) is 2.13. The first-order valence-electron chi connectivity index (χ1n) is 6.91. The fraction of sp³-hybridized carbons (Fsp3) is 0.533. The van der Waals surface area contributed by atoms with Crippen LogP contribution in [0.15, 0.2) is 24.3 Å². The Morgan fingerprint density at radius 2 is 1.90 bits per heavy atom. The van der Waals surface area contributed by atoms with Gasteiger partial charge in [-0.2, -0.15) is 0 Å². The number of halogens is 1. The molecule has 1 unspecified atom stereocenters. The lowest BCUT2D eigenvalue weighted by atomic mass is 9.81. The molecule has 0 aliphatic rings. The first-order chi connectivity index (χ1) is 9.49. The van der Waals surface area contributed by atoms with Crippen LogP contribution in [0.4, 0.5) is 4.39 Å². The van der Waals surface area contributed by atoms with Crippen molar-refractivity contribution in [2.24, 2.45) is 11.1 Å². The molecule has 1 aromatic carbocycles. The minimum Gasteiger partial charge on any atom is -0.387 e. The zero-order valence-corrected chi connectivity index (χ0v) is 12.0. The van der Waals surface area contributed by atoms with Crippen molar-refractivity contribution in [1.82, 2.24) is 5.32 Å². The summed E-state index contributed by atoms with van der Waals surface area (Å²) >= 11 is 0. The van der Waals surface area contributed by atoms with E-state index in [2.05, 4.69) is 5.32 Å². The normalized spacial score (nSPS) is 13.1. The Hall–Kier alpha value is -1.46. The first kappa shape index (κ1) is 16.6. The van der Waals surface area contributed by atoms with Gasteiger partial charge >= 0.3 is 0 Å². The Balaban J connectivity index is 2.62. The summed E-state index contributed by atoms with van der Waals surface area (Å²) in [5, 5.41) is 12.7. The number of hydrogen-bond acceptors (Lipinski definition) is 3. The molecule has 112 valence electrons. The second kappa shape index (κ2) is 7.36. The van der Waals surface area contributed by atoms with Gasteiger partial charge in [-0.3, -0.25) is 4.79 Å². The lowest BCUT2D eigenvalue weighted by molar-refractivity contribution is -0.131. The number of hydrogen-bond donors (Lipinski definition) is 3. The standard InChI is InChI=1S/C15H23FN2O2/c1-3-15(4-2,10-17)14(20)18-9-13(19)11-5-7-12(16)8-6-11/h5-8,13,19H,3-4,9-10,17H2,1-2H3,(H,18,20). The van der Waals surface area contributed by atoms with Crippen LogP contribution < -0.4 is 11.1 Å². The van der Waals surface area contributed by atoms with E-state index in [1.807, 2.05) is 13.8 Å². The molecule has 5 heteroatoms. The quantitative estimate of drug-likeness (QED) is 0.713. The molecule has 0 spiro atoms. The number of aliphatic hydroxyl groups is 1. The lowest BCUT2D eigenvalue weighted by Crippen LogP contribution is -2.46. The maximum absolute atomic E-state index is 12.8. The Kier molecular flexibility index (Phi) is 6.10. The zero-order valence-electron chi connectivity index (χ0n) is 12.0. The third-order valence-corrected chi connectivity index (χ3v) is 3.94. The van der Waals surface area contributed by atoms with Gasteiger partial charge in [-0.25, -0.2) is 4.39 Å². The number of aliphatic hydroxyl groups excluding tert-OH is 1. The van der Waals surface area contributed by atoms with Crippen LogP contribution in [0, 0.1) is 11.2 Å². The second-order valence-electron chi connectivity index (χ2n) is 4.97. The van der Waals surface area contributed by atoms with E-state index >= 15 is 0 Å². The molecule has 20 heavy (non-hydrogen) atoms. The van der Waals surface area contributed by atoms with Crippen molar-refractivity contribution in [2.75, 3.05) is 13.1 Å². The highest BCUT2D eigenvalue weighted by atomic mass is 19.1. The highest BCUT2D eigenvalue weighted by Gasteiger charge is 2.33. The van der Waals surface area contributed by atoms with Crippen LogP contribution in [0.3, 0.4) is 0 Å². The van der Waals surface area contributed by atoms with Crippen molar-refractivity contribution in [3.8, 4) is 0 Å². The average Bonchev–Trinajstić information content (AvgIpc) is 2.48. The molecule has 0 aliphatic heterocycles. The minimum absolute atomic E-state index is 0.0895. The molecule has 1 amide bonds. The Labute approximate surface area is 119 Å². The Morgan fingerprint density at radius 1 is 1.35 bits per heavy atom. The number of nitrogens with two attached hydrogens (primary N) is 1. The number of carbonyl (C=O) groups is 1. The molecule has 1 atom stereocenters. The van der Waals surface area contributed by atoms with Gasteiger partial charge in [0.1, 0.15) is 5.82 Å². The Morgan fingerprint density at radius 3 is 2.35 bits per heavy atom. The molecule has 0 radical (unpaired) electrons. The van der Waals surface area contributed by atoms with Crippen LogP contribution in [0.25, 0.3) is 0 Å². The van der Waals surface area contributed by atoms with Gasteiger partial charge in [0.15, 0.2) is 0 Å². The predicted molar refractivity (Wildman–Crippen MR) is 76.4 cm³/mol. The number of rotatable bonds is 7. The van der Waals surface area contributed by atoms with E-state index in [-0.39, 0.29) is 24.8 Å². The van der Waals surface area contributed by atoms with Gasteiger partial charge in [0.25, 0.3) is 0 Å². The summed E-state index contributed by atoms with van der Waals surface area (Å²) < 4.78 is 12.8. The van der Waals surface area contributed by atoms with Crippen molar-refractivity contribution < 1.29 is 14.3 Å². The Bertz CT molecular complexity index is 422. The number of benzene rings is 1. The van der Waals surface area contributed by atoms with E-state index in [9.17, 15) is 14.3 Å². The fourth-order valence-corrected chi connectivity index (χ4v) is 2.13. The lowest BCUT2D eigenvalue weighted by Gasteiger charge is -2.29. The molecule has 4 nitrogen and oxygen atoms in total. The van der Waals surface area contributed by atoms with E-state index in [1.54, 1.807) is 0 Å². The van der Waals surface area contributed by atoms with Crippen LogP contribution in [-0.2, 0) is 4.79 Å². The van der Waals surface area contributed by atoms with E-state index in [0.29, 0.717) is 18.4 Å². The highest BCUT2D eigenvalue weighted by Crippen LogP contribution is 2.25.